The van der Waals surface area contributed by atoms with Crippen LogP contribution in [0.3, 0.4) is 0 Å². The summed E-state index contributed by atoms with van der Waals surface area (Å²) in [5, 5.41) is 0.607. The maximum Gasteiger partial charge on any atom is 0.253 e. The number of nitrogens with zero attached hydrogens (tertiary/aromatic N) is 1. The minimum absolute atomic E-state index is 0.183. The van der Waals surface area contributed by atoms with Gasteiger partial charge < -0.3 is 4.90 Å². The average molecular weight is 361 g/mol. The Bertz CT molecular complexity index is 410. The topological polar surface area (TPSA) is 20.3 Å². The van der Waals surface area contributed by atoms with Gasteiger partial charge in [-0.05, 0) is 47.2 Å². The van der Waals surface area contributed by atoms with E-state index in [0.29, 0.717) is 5.25 Å². The van der Waals surface area contributed by atoms with Crippen molar-refractivity contribution in [3.05, 3.63) is 33.4 Å². The summed E-state index contributed by atoms with van der Waals surface area (Å²) in [4.78, 5) is 14.3. The molecule has 1 saturated heterocycles. The van der Waals surface area contributed by atoms with Crippen LogP contribution in [-0.2, 0) is 0 Å². The zero-order valence-electron chi connectivity index (χ0n) is 9.86. The Morgan fingerprint density at radius 1 is 1.59 bits per heavy atom. The van der Waals surface area contributed by atoms with Gasteiger partial charge in [-0.1, -0.05) is 13.0 Å². The summed E-state index contributed by atoms with van der Waals surface area (Å²) in [7, 11) is 0. The Morgan fingerprint density at radius 2 is 2.41 bits per heavy atom. The van der Waals surface area contributed by atoms with Crippen LogP contribution in [0.2, 0.25) is 0 Å². The van der Waals surface area contributed by atoms with E-state index in [2.05, 4.69) is 29.5 Å². The number of amides is 1. The molecule has 0 spiro atoms. The molecule has 92 valence electrons. The Labute approximate surface area is 120 Å². The highest BCUT2D eigenvalue weighted by molar-refractivity contribution is 14.1. The van der Waals surface area contributed by atoms with Crippen molar-refractivity contribution in [1.29, 1.82) is 0 Å². The second-order valence-corrected chi connectivity index (χ2v) is 6.82. The lowest BCUT2D eigenvalue weighted by molar-refractivity contribution is 0.0761. The third-order valence-corrected chi connectivity index (χ3v) is 5.00. The fourth-order valence-electron chi connectivity index (χ4n) is 1.95. The van der Waals surface area contributed by atoms with Crippen LogP contribution in [0.25, 0.3) is 0 Å². The third kappa shape index (κ3) is 3.37. The minimum atomic E-state index is 0.183. The van der Waals surface area contributed by atoms with Gasteiger partial charge in [0.2, 0.25) is 0 Å². The van der Waals surface area contributed by atoms with Crippen molar-refractivity contribution in [3.8, 4) is 0 Å². The number of carbonyl (C=O) groups excluding carboxylic acids is 1. The molecular weight excluding hydrogens is 345 g/mol. The molecule has 2 rings (SSSR count). The second kappa shape index (κ2) is 6.09. The van der Waals surface area contributed by atoms with E-state index < -0.39 is 0 Å². The van der Waals surface area contributed by atoms with Crippen LogP contribution in [0.4, 0.5) is 0 Å². The molecule has 0 N–H and O–H groups in total. The molecule has 17 heavy (non-hydrogen) atoms. The smallest absolute Gasteiger partial charge is 0.253 e. The average Bonchev–Trinajstić information content (AvgIpc) is 2.38. The van der Waals surface area contributed by atoms with Gasteiger partial charge in [0, 0.05) is 33.2 Å². The number of benzene rings is 1. The molecular formula is C13H16INOS. The summed E-state index contributed by atoms with van der Waals surface area (Å²) in [5.74, 6) is 1.25. The van der Waals surface area contributed by atoms with Gasteiger partial charge in [0.1, 0.15) is 0 Å². The van der Waals surface area contributed by atoms with Crippen molar-refractivity contribution < 1.29 is 4.79 Å². The first-order chi connectivity index (χ1) is 8.20. The van der Waals surface area contributed by atoms with Crippen LogP contribution in [0.15, 0.2) is 24.3 Å². The quantitative estimate of drug-likeness (QED) is 0.754. The molecule has 1 aliphatic rings. The highest BCUT2D eigenvalue weighted by atomic mass is 127. The van der Waals surface area contributed by atoms with Crippen LogP contribution >= 0.6 is 34.4 Å². The number of hydrogen-bond donors (Lipinski definition) is 0. The Kier molecular flexibility index (Phi) is 4.73. The lowest BCUT2D eigenvalue weighted by atomic mass is 10.2. The first kappa shape index (κ1) is 13.2. The van der Waals surface area contributed by atoms with Gasteiger partial charge in [0.15, 0.2) is 0 Å². The summed E-state index contributed by atoms with van der Waals surface area (Å²) in [6.07, 6.45) is 1.14. The van der Waals surface area contributed by atoms with E-state index in [1.807, 2.05) is 40.9 Å². The molecule has 1 aromatic carbocycles. The lowest BCUT2D eigenvalue weighted by Gasteiger charge is -2.32. The van der Waals surface area contributed by atoms with Crippen molar-refractivity contribution in [2.24, 2.45) is 0 Å². The van der Waals surface area contributed by atoms with E-state index in [9.17, 15) is 4.79 Å². The fraction of sp³-hybridized carbons (Fsp3) is 0.462. The number of rotatable bonds is 2. The minimum Gasteiger partial charge on any atom is -0.337 e. The van der Waals surface area contributed by atoms with Crippen molar-refractivity contribution in [3.63, 3.8) is 0 Å². The molecule has 1 atom stereocenters. The van der Waals surface area contributed by atoms with Gasteiger partial charge in [0.25, 0.3) is 5.91 Å². The van der Waals surface area contributed by atoms with Gasteiger partial charge in [-0.15, -0.1) is 0 Å². The molecule has 0 bridgehead atoms. The van der Waals surface area contributed by atoms with Gasteiger partial charge in [-0.25, -0.2) is 0 Å². The normalized spacial score (nSPS) is 20.4. The largest absolute Gasteiger partial charge is 0.337 e. The van der Waals surface area contributed by atoms with E-state index in [1.54, 1.807) is 0 Å². The molecule has 0 aromatic heterocycles. The number of thioether (sulfide) groups is 1. The van der Waals surface area contributed by atoms with E-state index in [0.717, 1.165) is 34.4 Å². The maximum absolute atomic E-state index is 12.3. The first-order valence-corrected chi connectivity index (χ1v) is 8.00. The lowest BCUT2D eigenvalue weighted by Crippen LogP contribution is -2.41. The molecule has 0 radical (unpaired) electrons. The van der Waals surface area contributed by atoms with Crippen molar-refractivity contribution in [1.82, 2.24) is 4.90 Å². The summed E-state index contributed by atoms with van der Waals surface area (Å²) < 4.78 is 1.12. The maximum atomic E-state index is 12.3. The van der Waals surface area contributed by atoms with E-state index >= 15 is 0 Å². The first-order valence-electron chi connectivity index (χ1n) is 5.87. The van der Waals surface area contributed by atoms with E-state index in [1.165, 1.54) is 0 Å². The number of hydrogen-bond acceptors (Lipinski definition) is 2. The molecule has 4 heteroatoms. The summed E-state index contributed by atoms with van der Waals surface area (Å²) in [5.41, 5.74) is 0.818. The highest BCUT2D eigenvalue weighted by Gasteiger charge is 2.23. The molecule has 1 aliphatic heterocycles. The van der Waals surface area contributed by atoms with Crippen molar-refractivity contribution in [2.75, 3.05) is 18.8 Å². The molecule has 1 fully saturated rings. The summed E-state index contributed by atoms with van der Waals surface area (Å²) in [6.45, 7) is 3.97. The highest BCUT2D eigenvalue weighted by Crippen LogP contribution is 2.22. The predicted molar refractivity (Wildman–Crippen MR) is 81.6 cm³/mol. The van der Waals surface area contributed by atoms with Crippen LogP contribution in [0.5, 0.6) is 0 Å². The number of carbonyl (C=O) groups is 1. The van der Waals surface area contributed by atoms with Crippen LogP contribution in [0.1, 0.15) is 23.7 Å². The van der Waals surface area contributed by atoms with E-state index in [4.69, 9.17) is 0 Å². The monoisotopic (exact) mass is 361 g/mol. The molecule has 1 unspecified atom stereocenters. The van der Waals surface area contributed by atoms with Gasteiger partial charge in [-0.2, -0.15) is 11.8 Å². The predicted octanol–water partition coefficient (Wildman–Crippen LogP) is 3.26. The second-order valence-electron chi connectivity index (χ2n) is 4.16. The van der Waals surface area contributed by atoms with Crippen molar-refractivity contribution >= 4 is 40.3 Å². The van der Waals surface area contributed by atoms with Crippen LogP contribution in [0, 0.1) is 3.57 Å². The van der Waals surface area contributed by atoms with Gasteiger partial charge in [-0.3, -0.25) is 4.79 Å². The fourth-order valence-corrected chi connectivity index (χ4v) is 3.68. The summed E-state index contributed by atoms with van der Waals surface area (Å²) in [6, 6.07) is 7.84. The molecule has 1 aromatic rings. The van der Waals surface area contributed by atoms with Gasteiger partial charge in [0.05, 0.1) is 0 Å². The number of halogens is 1. The molecule has 0 aliphatic carbocycles. The Hall–Kier alpha value is -0.230. The summed E-state index contributed by atoms with van der Waals surface area (Å²) >= 11 is 4.23. The van der Waals surface area contributed by atoms with Crippen LogP contribution in [-0.4, -0.2) is 34.9 Å². The molecule has 1 amide bonds. The SMILES string of the molecule is CCC1CN(C(=O)c2cccc(I)c2)CCS1. The molecule has 1 heterocycles. The zero-order valence-corrected chi connectivity index (χ0v) is 12.8. The van der Waals surface area contributed by atoms with Gasteiger partial charge >= 0.3 is 0 Å². The Balaban J connectivity index is 2.09. The van der Waals surface area contributed by atoms with Crippen LogP contribution < -0.4 is 0 Å². The molecule has 0 saturated carbocycles. The molecule has 2 nitrogen and oxygen atoms in total. The van der Waals surface area contributed by atoms with Crippen molar-refractivity contribution in [2.45, 2.75) is 18.6 Å². The standard InChI is InChI=1S/C13H16INOS/c1-2-12-9-15(6-7-17-12)13(16)10-4-3-5-11(14)8-10/h3-5,8,12H,2,6-7,9H2,1H3. The Morgan fingerprint density at radius 3 is 3.12 bits per heavy atom. The van der Waals surface area contributed by atoms with E-state index in [-0.39, 0.29) is 5.91 Å². The third-order valence-electron chi connectivity index (χ3n) is 2.95. The zero-order chi connectivity index (χ0) is 12.3.